The lowest BCUT2D eigenvalue weighted by molar-refractivity contribution is -0.419. The van der Waals surface area contributed by atoms with E-state index in [4.69, 9.17) is 11.6 Å². The summed E-state index contributed by atoms with van der Waals surface area (Å²) in [5, 5.41) is 16.3. The number of carbonyl (C=O) groups is 2. The van der Waals surface area contributed by atoms with E-state index in [1.807, 2.05) is 5.32 Å². The van der Waals surface area contributed by atoms with Crippen molar-refractivity contribution < 1.29 is 14.5 Å². The molecule has 9 heteroatoms. The molecule has 0 unspecified atom stereocenters. The Morgan fingerprint density at radius 3 is 2.68 bits per heavy atom. The fourth-order valence-electron chi connectivity index (χ4n) is 1.80. The number of nitrogens with one attached hydrogen (secondary N) is 2. The number of carbonyl (C=O) groups excluding carboxylic acids is 2. The summed E-state index contributed by atoms with van der Waals surface area (Å²) >= 11 is 7.04. The highest BCUT2D eigenvalue weighted by molar-refractivity contribution is 8.03. The lowest BCUT2D eigenvalue weighted by Gasteiger charge is -2.15. The van der Waals surface area contributed by atoms with Crippen LogP contribution in [-0.4, -0.2) is 29.0 Å². The highest BCUT2D eigenvalue weighted by Crippen LogP contribution is 2.22. The Labute approximate surface area is 135 Å². The van der Waals surface area contributed by atoms with Crippen LogP contribution in [0.3, 0.4) is 0 Å². The molecule has 0 bridgehead atoms. The second kappa shape index (κ2) is 7.28. The molecule has 7 nitrogen and oxygen atoms in total. The van der Waals surface area contributed by atoms with E-state index in [2.05, 4.69) is 5.32 Å². The van der Waals surface area contributed by atoms with E-state index in [1.54, 1.807) is 12.1 Å². The first-order valence-corrected chi connectivity index (χ1v) is 7.72. The minimum absolute atomic E-state index is 0.0782. The smallest absolute Gasteiger partial charge is 0.363 e. The predicted octanol–water partition coefficient (Wildman–Crippen LogP) is 1.77. The monoisotopic (exact) mass is 341 g/mol. The van der Waals surface area contributed by atoms with Gasteiger partial charge in [-0.25, -0.2) is 0 Å². The van der Waals surface area contributed by atoms with Gasteiger partial charge in [0.25, 0.3) is 5.91 Å². The summed E-state index contributed by atoms with van der Waals surface area (Å²) in [7, 11) is 0. The summed E-state index contributed by atoms with van der Waals surface area (Å²) in [6, 6.07) is 6.13. The summed E-state index contributed by atoms with van der Waals surface area (Å²) in [6.45, 7) is 0.547. The van der Waals surface area contributed by atoms with Gasteiger partial charge in [-0.3, -0.25) is 25.0 Å². The topological polar surface area (TPSA) is 101 Å². The maximum absolute atomic E-state index is 12.1. The van der Waals surface area contributed by atoms with Crippen LogP contribution in [0.5, 0.6) is 0 Å². The quantitative estimate of drug-likeness (QED) is 0.493. The normalized spacial score (nSPS) is 16.4. The van der Waals surface area contributed by atoms with Gasteiger partial charge in [-0.1, -0.05) is 23.7 Å². The van der Waals surface area contributed by atoms with Crippen LogP contribution in [0.15, 0.2) is 35.0 Å². The maximum atomic E-state index is 12.1. The van der Waals surface area contributed by atoms with Crippen LogP contribution in [0.2, 0.25) is 5.02 Å². The highest BCUT2D eigenvalue weighted by atomic mass is 35.5. The minimum atomic E-state index is -1.06. The van der Waals surface area contributed by atoms with Crippen molar-refractivity contribution in [2.45, 2.75) is 6.42 Å². The van der Waals surface area contributed by atoms with Crippen LogP contribution < -0.4 is 10.6 Å². The molecule has 0 spiro atoms. The molecule has 1 saturated heterocycles. The first-order valence-electron chi connectivity index (χ1n) is 6.36. The molecule has 0 atom stereocenters. The standard InChI is InChI=1S/C13H12ClN3O4S/c14-9-5-2-1-4-8(9)11(18)16-12(19)10(17(20)21)13-15-6-3-7-22-13/h1-2,4-5,15H,3,6-7H2,(H,16,18,19). The zero-order valence-corrected chi connectivity index (χ0v) is 12.9. The lowest BCUT2D eigenvalue weighted by Crippen LogP contribution is -2.36. The average molecular weight is 342 g/mol. The van der Waals surface area contributed by atoms with Gasteiger partial charge < -0.3 is 5.32 Å². The Hall–Kier alpha value is -2.06. The Kier molecular flexibility index (Phi) is 5.40. The molecule has 0 aromatic heterocycles. The van der Waals surface area contributed by atoms with Gasteiger partial charge in [0.05, 0.1) is 15.5 Å². The van der Waals surface area contributed by atoms with E-state index in [0.29, 0.717) is 12.3 Å². The summed E-state index contributed by atoms with van der Waals surface area (Å²) in [6.07, 6.45) is 0.847. The number of rotatable bonds is 3. The SMILES string of the molecule is O=C(NC(=O)c1ccccc1Cl)C(=C1NCCCS1)[N+](=O)[O-]. The number of amides is 2. The number of imide groups is 1. The molecule has 0 aliphatic carbocycles. The number of thioether (sulfide) groups is 1. The molecule has 2 rings (SSSR count). The van der Waals surface area contributed by atoms with Crippen molar-refractivity contribution in [1.82, 2.24) is 10.6 Å². The fraction of sp³-hybridized carbons (Fsp3) is 0.231. The van der Waals surface area contributed by atoms with Crippen LogP contribution in [0.4, 0.5) is 0 Å². The third-order valence-corrected chi connectivity index (χ3v) is 4.26. The van der Waals surface area contributed by atoms with Gasteiger partial charge in [-0.2, -0.15) is 0 Å². The van der Waals surface area contributed by atoms with Crippen molar-refractivity contribution >= 4 is 35.2 Å². The molecule has 2 amide bonds. The third kappa shape index (κ3) is 3.77. The molecule has 1 aliphatic rings. The van der Waals surface area contributed by atoms with E-state index in [1.165, 1.54) is 23.9 Å². The molecule has 1 fully saturated rings. The minimum Gasteiger partial charge on any atom is -0.374 e. The van der Waals surface area contributed by atoms with Gasteiger partial charge in [0.15, 0.2) is 5.03 Å². The Bertz CT molecular complexity index is 654. The van der Waals surface area contributed by atoms with E-state index >= 15 is 0 Å². The molecule has 2 N–H and O–H groups in total. The maximum Gasteiger partial charge on any atom is 0.363 e. The molecule has 1 aromatic carbocycles. The van der Waals surface area contributed by atoms with Gasteiger partial charge in [0.2, 0.25) is 0 Å². The molecular weight excluding hydrogens is 330 g/mol. The Morgan fingerprint density at radius 2 is 2.09 bits per heavy atom. The first kappa shape index (κ1) is 16.3. The summed E-state index contributed by atoms with van der Waals surface area (Å²) in [5.74, 6) is -1.17. The van der Waals surface area contributed by atoms with Gasteiger partial charge >= 0.3 is 11.6 Å². The molecule has 116 valence electrons. The number of halogens is 1. The van der Waals surface area contributed by atoms with Crippen molar-refractivity contribution in [2.24, 2.45) is 0 Å². The number of hydrogen-bond donors (Lipinski definition) is 2. The van der Waals surface area contributed by atoms with Crippen molar-refractivity contribution in [3.63, 3.8) is 0 Å². The van der Waals surface area contributed by atoms with Gasteiger partial charge in [0, 0.05) is 12.3 Å². The zero-order valence-electron chi connectivity index (χ0n) is 11.3. The van der Waals surface area contributed by atoms with Crippen LogP contribution >= 0.6 is 23.4 Å². The second-order valence-electron chi connectivity index (χ2n) is 4.33. The van der Waals surface area contributed by atoms with E-state index in [-0.39, 0.29) is 15.6 Å². The molecule has 1 heterocycles. The summed E-state index contributed by atoms with van der Waals surface area (Å²) in [4.78, 5) is 34.4. The molecule has 1 aliphatic heterocycles. The van der Waals surface area contributed by atoms with Crippen molar-refractivity contribution in [3.8, 4) is 0 Å². The van der Waals surface area contributed by atoms with E-state index in [0.717, 1.165) is 6.42 Å². The van der Waals surface area contributed by atoms with Gasteiger partial charge in [-0.05, 0) is 18.6 Å². The van der Waals surface area contributed by atoms with E-state index < -0.39 is 22.4 Å². The largest absolute Gasteiger partial charge is 0.374 e. The van der Waals surface area contributed by atoms with Crippen LogP contribution in [0.25, 0.3) is 0 Å². The Balaban J connectivity index is 2.20. The fourth-order valence-corrected chi connectivity index (χ4v) is 3.02. The predicted molar refractivity (Wildman–Crippen MR) is 83.0 cm³/mol. The van der Waals surface area contributed by atoms with Gasteiger partial charge in [-0.15, -0.1) is 11.8 Å². The number of nitrogens with zero attached hydrogens (tertiary/aromatic N) is 1. The third-order valence-electron chi connectivity index (χ3n) is 2.81. The van der Waals surface area contributed by atoms with Crippen LogP contribution in [0, 0.1) is 10.1 Å². The molecule has 0 saturated carbocycles. The molecule has 22 heavy (non-hydrogen) atoms. The number of hydrogen-bond acceptors (Lipinski definition) is 6. The lowest BCUT2D eigenvalue weighted by atomic mass is 10.2. The zero-order chi connectivity index (χ0) is 16.1. The molecular formula is C13H12ClN3O4S. The van der Waals surface area contributed by atoms with Crippen molar-refractivity contribution in [1.29, 1.82) is 0 Å². The van der Waals surface area contributed by atoms with Crippen molar-refractivity contribution in [2.75, 3.05) is 12.3 Å². The van der Waals surface area contributed by atoms with Crippen LogP contribution in [0.1, 0.15) is 16.8 Å². The Morgan fingerprint density at radius 1 is 1.36 bits per heavy atom. The van der Waals surface area contributed by atoms with E-state index in [9.17, 15) is 19.7 Å². The first-order chi connectivity index (χ1) is 10.5. The number of nitro groups is 1. The summed E-state index contributed by atoms with van der Waals surface area (Å²) in [5.41, 5.74) is -0.584. The molecule has 0 radical (unpaired) electrons. The van der Waals surface area contributed by atoms with Crippen molar-refractivity contribution in [3.05, 3.63) is 55.7 Å². The highest BCUT2D eigenvalue weighted by Gasteiger charge is 2.31. The summed E-state index contributed by atoms with van der Waals surface area (Å²) < 4.78 is 0. The van der Waals surface area contributed by atoms with Gasteiger partial charge in [0.1, 0.15) is 0 Å². The molecule has 1 aromatic rings. The van der Waals surface area contributed by atoms with Crippen LogP contribution in [-0.2, 0) is 4.79 Å². The number of benzene rings is 1. The second-order valence-corrected chi connectivity index (χ2v) is 5.84. The average Bonchev–Trinajstić information content (AvgIpc) is 2.48.